The van der Waals surface area contributed by atoms with Crippen molar-refractivity contribution < 1.29 is 4.74 Å². The fraction of sp³-hybridized carbons (Fsp3) is 0.125. The summed E-state index contributed by atoms with van der Waals surface area (Å²) < 4.78 is 5.83. The number of hydrogen-bond acceptors (Lipinski definition) is 2. The molecule has 3 heteroatoms. The van der Waals surface area contributed by atoms with Gasteiger partial charge in [0.05, 0.1) is 0 Å². The molecule has 0 saturated heterocycles. The SMILES string of the molecule is C=Cc1cc(Cl)ccc1COc1ccccc1CN. The van der Waals surface area contributed by atoms with Crippen LogP contribution in [0.15, 0.2) is 49.0 Å². The van der Waals surface area contributed by atoms with E-state index in [1.807, 2.05) is 42.5 Å². The van der Waals surface area contributed by atoms with Crippen LogP contribution in [-0.4, -0.2) is 0 Å². The first-order chi connectivity index (χ1) is 9.24. The number of hydrogen-bond donors (Lipinski definition) is 1. The lowest BCUT2D eigenvalue weighted by Gasteiger charge is -2.12. The van der Waals surface area contributed by atoms with Crippen molar-refractivity contribution in [3.8, 4) is 5.75 Å². The van der Waals surface area contributed by atoms with Crippen molar-refractivity contribution in [1.82, 2.24) is 0 Å². The zero-order valence-electron chi connectivity index (χ0n) is 10.6. The van der Waals surface area contributed by atoms with E-state index in [0.717, 1.165) is 22.4 Å². The molecule has 0 aliphatic rings. The summed E-state index contributed by atoms with van der Waals surface area (Å²) in [6.45, 7) is 4.72. The molecule has 0 bridgehead atoms. The molecule has 0 heterocycles. The maximum absolute atomic E-state index is 5.96. The molecule has 0 amide bonds. The molecule has 0 saturated carbocycles. The van der Waals surface area contributed by atoms with E-state index >= 15 is 0 Å². The van der Waals surface area contributed by atoms with Gasteiger partial charge in [-0.2, -0.15) is 0 Å². The van der Waals surface area contributed by atoms with E-state index in [0.29, 0.717) is 18.2 Å². The smallest absolute Gasteiger partial charge is 0.124 e. The molecule has 2 rings (SSSR count). The van der Waals surface area contributed by atoms with Crippen molar-refractivity contribution in [1.29, 1.82) is 0 Å². The maximum Gasteiger partial charge on any atom is 0.124 e. The van der Waals surface area contributed by atoms with Gasteiger partial charge in [0.25, 0.3) is 0 Å². The van der Waals surface area contributed by atoms with E-state index in [1.165, 1.54) is 0 Å². The van der Waals surface area contributed by atoms with Gasteiger partial charge in [0.15, 0.2) is 0 Å². The lowest BCUT2D eigenvalue weighted by Crippen LogP contribution is -2.03. The normalized spacial score (nSPS) is 10.2. The van der Waals surface area contributed by atoms with Crippen molar-refractivity contribution in [2.45, 2.75) is 13.2 Å². The largest absolute Gasteiger partial charge is 0.489 e. The second-order valence-corrected chi connectivity index (χ2v) is 4.58. The van der Waals surface area contributed by atoms with Gasteiger partial charge in [-0.25, -0.2) is 0 Å². The third-order valence-electron chi connectivity index (χ3n) is 2.90. The molecule has 2 aromatic carbocycles. The van der Waals surface area contributed by atoms with Gasteiger partial charge in [-0.3, -0.25) is 0 Å². The maximum atomic E-state index is 5.96. The van der Waals surface area contributed by atoms with Crippen molar-refractivity contribution in [2.24, 2.45) is 5.73 Å². The molecule has 0 aromatic heterocycles. The van der Waals surface area contributed by atoms with Gasteiger partial charge in [0.2, 0.25) is 0 Å². The first-order valence-electron chi connectivity index (χ1n) is 6.06. The fourth-order valence-corrected chi connectivity index (χ4v) is 2.04. The number of rotatable bonds is 5. The number of benzene rings is 2. The molecular formula is C16H16ClNO. The minimum atomic E-state index is 0.463. The van der Waals surface area contributed by atoms with Gasteiger partial charge < -0.3 is 10.5 Å². The van der Waals surface area contributed by atoms with Crippen molar-refractivity contribution in [3.63, 3.8) is 0 Å². The highest BCUT2D eigenvalue weighted by Crippen LogP contribution is 2.22. The third kappa shape index (κ3) is 3.37. The van der Waals surface area contributed by atoms with Gasteiger partial charge in [-0.15, -0.1) is 0 Å². The molecule has 0 unspecified atom stereocenters. The molecule has 0 radical (unpaired) electrons. The minimum Gasteiger partial charge on any atom is -0.489 e. The summed E-state index contributed by atoms with van der Waals surface area (Å²) in [4.78, 5) is 0. The Labute approximate surface area is 118 Å². The van der Waals surface area contributed by atoms with Gasteiger partial charge in [0.1, 0.15) is 12.4 Å². The van der Waals surface area contributed by atoms with Crippen LogP contribution in [0.2, 0.25) is 5.02 Å². The van der Waals surface area contributed by atoms with Gasteiger partial charge in [0, 0.05) is 17.1 Å². The Kier molecular flexibility index (Phi) is 4.61. The number of para-hydroxylation sites is 1. The summed E-state index contributed by atoms with van der Waals surface area (Å²) in [5, 5.41) is 0.695. The van der Waals surface area contributed by atoms with Crippen LogP contribution in [0.3, 0.4) is 0 Å². The molecule has 2 nitrogen and oxygen atoms in total. The number of nitrogens with two attached hydrogens (primary N) is 1. The zero-order valence-corrected chi connectivity index (χ0v) is 11.4. The van der Waals surface area contributed by atoms with E-state index in [-0.39, 0.29) is 0 Å². The van der Waals surface area contributed by atoms with Crippen LogP contribution < -0.4 is 10.5 Å². The van der Waals surface area contributed by atoms with E-state index < -0.39 is 0 Å². The molecule has 2 N–H and O–H groups in total. The molecule has 98 valence electrons. The highest BCUT2D eigenvalue weighted by molar-refractivity contribution is 6.30. The van der Waals surface area contributed by atoms with E-state index in [9.17, 15) is 0 Å². The monoisotopic (exact) mass is 273 g/mol. The Morgan fingerprint density at radius 3 is 2.68 bits per heavy atom. The summed E-state index contributed by atoms with van der Waals surface area (Å²) in [6.07, 6.45) is 1.78. The molecule has 0 fully saturated rings. The predicted octanol–water partition coefficient (Wildman–Crippen LogP) is 4.02. The predicted molar refractivity (Wildman–Crippen MR) is 80.2 cm³/mol. The Morgan fingerprint density at radius 2 is 1.95 bits per heavy atom. The van der Waals surface area contributed by atoms with Crippen LogP contribution in [0.25, 0.3) is 6.08 Å². The van der Waals surface area contributed by atoms with Crippen LogP contribution in [0.5, 0.6) is 5.75 Å². The average molecular weight is 274 g/mol. The molecule has 19 heavy (non-hydrogen) atoms. The summed E-state index contributed by atoms with van der Waals surface area (Å²) in [7, 11) is 0. The molecule has 2 aromatic rings. The van der Waals surface area contributed by atoms with Crippen LogP contribution in [-0.2, 0) is 13.2 Å². The van der Waals surface area contributed by atoms with Crippen molar-refractivity contribution in [2.75, 3.05) is 0 Å². The Bertz CT molecular complexity index is 581. The molecule has 0 atom stereocenters. The molecular weight excluding hydrogens is 258 g/mol. The average Bonchev–Trinajstić information content (AvgIpc) is 2.46. The topological polar surface area (TPSA) is 35.2 Å². The van der Waals surface area contributed by atoms with Crippen LogP contribution in [0.4, 0.5) is 0 Å². The summed E-state index contributed by atoms with van der Waals surface area (Å²) >= 11 is 5.96. The van der Waals surface area contributed by atoms with Crippen molar-refractivity contribution in [3.05, 3.63) is 70.8 Å². The van der Waals surface area contributed by atoms with Gasteiger partial charge in [-0.1, -0.05) is 48.5 Å². The second kappa shape index (κ2) is 6.41. The molecule has 0 spiro atoms. The first kappa shape index (κ1) is 13.7. The quantitative estimate of drug-likeness (QED) is 0.893. The van der Waals surface area contributed by atoms with E-state index in [4.69, 9.17) is 22.1 Å². The Balaban J connectivity index is 2.16. The number of ether oxygens (including phenoxy) is 1. The summed E-state index contributed by atoms with van der Waals surface area (Å²) in [5.41, 5.74) is 8.71. The second-order valence-electron chi connectivity index (χ2n) is 4.15. The Morgan fingerprint density at radius 1 is 1.16 bits per heavy atom. The summed E-state index contributed by atoms with van der Waals surface area (Å²) in [6, 6.07) is 13.4. The highest BCUT2D eigenvalue weighted by atomic mass is 35.5. The Hall–Kier alpha value is -1.77. The number of halogens is 1. The van der Waals surface area contributed by atoms with Crippen molar-refractivity contribution >= 4 is 17.7 Å². The van der Waals surface area contributed by atoms with E-state index in [2.05, 4.69) is 6.58 Å². The lowest BCUT2D eigenvalue weighted by atomic mass is 10.1. The van der Waals surface area contributed by atoms with Crippen LogP contribution in [0, 0.1) is 0 Å². The van der Waals surface area contributed by atoms with E-state index in [1.54, 1.807) is 6.08 Å². The van der Waals surface area contributed by atoms with Gasteiger partial charge in [-0.05, 0) is 29.3 Å². The fourth-order valence-electron chi connectivity index (χ4n) is 1.86. The van der Waals surface area contributed by atoms with Crippen LogP contribution in [0.1, 0.15) is 16.7 Å². The minimum absolute atomic E-state index is 0.463. The standard InChI is InChI=1S/C16H16ClNO/c1-2-12-9-15(17)8-7-14(12)11-19-16-6-4-3-5-13(16)10-18/h2-9H,1,10-11,18H2. The molecule has 0 aliphatic carbocycles. The third-order valence-corrected chi connectivity index (χ3v) is 3.14. The van der Waals surface area contributed by atoms with Crippen LogP contribution >= 0.6 is 11.6 Å². The highest BCUT2D eigenvalue weighted by Gasteiger charge is 2.04. The summed E-state index contributed by atoms with van der Waals surface area (Å²) in [5.74, 6) is 0.815. The zero-order chi connectivity index (χ0) is 13.7. The molecule has 0 aliphatic heterocycles. The lowest BCUT2D eigenvalue weighted by molar-refractivity contribution is 0.303. The first-order valence-corrected chi connectivity index (χ1v) is 6.44. The van der Waals surface area contributed by atoms with Gasteiger partial charge >= 0.3 is 0 Å².